The van der Waals surface area contributed by atoms with Gasteiger partial charge in [0.05, 0.1) is 4.91 Å². The molecule has 0 unspecified atom stereocenters. The molecule has 3 rings (SSSR count). The molecule has 3 N–H and O–H groups in total. The summed E-state index contributed by atoms with van der Waals surface area (Å²) in [5.74, 6) is -0.873. The molecule has 0 radical (unpaired) electrons. The fourth-order valence-electron chi connectivity index (χ4n) is 2.86. The maximum atomic E-state index is 12.6. The highest BCUT2D eigenvalue weighted by molar-refractivity contribution is 8.18. The summed E-state index contributed by atoms with van der Waals surface area (Å²) in [7, 11) is 0. The molecule has 1 saturated heterocycles. The predicted molar refractivity (Wildman–Crippen MR) is 110 cm³/mol. The Morgan fingerprint density at radius 3 is 2.44 bits per heavy atom. The largest absolute Gasteiger partial charge is 0.325 e. The molecule has 1 aromatic rings. The highest BCUT2D eigenvalue weighted by Gasteiger charge is 2.40. The number of alkyl halides is 2. The van der Waals surface area contributed by atoms with Crippen LogP contribution in [0, 0.1) is 0 Å². The summed E-state index contributed by atoms with van der Waals surface area (Å²) in [6, 6.07) is 6.94. The fourth-order valence-corrected chi connectivity index (χ4v) is 4.51. The molecule has 10 heteroatoms. The van der Waals surface area contributed by atoms with Crippen LogP contribution < -0.4 is 10.5 Å². The molecule has 0 spiro atoms. The van der Waals surface area contributed by atoms with Crippen LogP contribution in [0.1, 0.15) is 25.7 Å². The van der Waals surface area contributed by atoms with Crippen molar-refractivity contribution in [1.82, 2.24) is 4.90 Å². The lowest BCUT2D eigenvalue weighted by Gasteiger charge is -2.26. The van der Waals surface area contributed by atoms with Gasteiger partial charge in [-0.15, -0.1) is 23.2 Å². The minimum absolute atomic E-state index is 0.330. The first-order chi connectivity index (χ1) is 12.8. The fraction of sp³-hybridized carbons (Fsp3) is 0.353. The number of amides is 3. The van der Waals surface area contributed by atoms with Gasteiger partial charge in [-0.05, 0) is 73.7 Å². The van der Waals surface area contributed by atoms with E-state index in [-0.39, 0.29) is 6.54 Å². The highest BCUT2D eigenvalue weighted by Crippen LogP contribution is 2.44. The van der Waals surface area contributed by atoms with Crippen LogP contribution in [0.4, 0.5) is 10.5 Å². The van der Waals surface area contributed by atoms with Crippen LogP contribution in [-0.4, -0.2) is 32.8 Å². The van der Waals surface area contributed by atoms with Crippen molar-refractivity contribution in [1.29, 1.82) is 0 Å². The molecular weight excluding hydrogens is 429 g/mol. The number of imide groups is 1. The van der Waals surface area contributed by atoms with Gasteiger partial charge in [-0.25, -0.2) is 0 Å². The summed E-state index contributed by atoms with van der Waals surface area (Å²) in [5.41, 5.74) is 1.45. The number of hydrogen-bond acceptors (Lipinski definition) is 6. The topological polar surface area (TPSA) is 92.5 Å². The zero-order chi connectivity index (χ0) is 19.6. The van der Waals surface area contributed by atoms with Crippen molar-refractivity contribution in [3.8, 4) is 0 Å². The SMILES string of the molecule is NSc1ccc(NC(=O)CN2C(=O)SC(=C3CCC(Cl)(Cl)CC3)C2=O)cc1. The van der Waals surface area contributed by atoms with Gasteiger partial charge in [0.25, 0.3) is 11.1 Å². The first kappa shape index (κ1) is 20.5. The summed E-state index contributed by atoms with van der Waals surface area (Å²) in [4.78, 5) is 39.3. The van der Waals surface area contributed by atoms with Gasteiger partial charge in [-0.1, -0.05) is 5.57 Å². The molecule has 144 valence electrons. The van der Waals surface area contributed by atoms with Crippen molar-refractivity contribution in [2.75, 3.05) is 11.9 Å². The number of nitrogens with one attached hydrogen (secondary N) is 1. The molecule has 1 heterocycles. The van der Waals surface area contributed by atoms with Crippen LogP contribution in [-0.2, 0) is 9.59 Å². The Morgan fingerprint density at radius 2 is 1.85 bits per heavy atom. The summed E-state index contributed by atoms with van der Waals surface area (Å²) >= 11 is 14.2. The number of benzene rings is 1. The number of hydrogen-bond donors (Lipinski definition) is 2. The second-order valence-electron chi connectivity index (χ2n) is 6.24. The van der Waals surface area contributed by atoms with Crippen LogP contribution in [0.5, 0.6) is 0 Å². The molecule has 2 aliphatic rings. The molecule has 3 amide bonds. The second-order valence-corrected chi connectivity index (χ2v) is 9.55. The van der Waals surface area contributed by atoms with Crippen LogP contribution in [0.15, 0.2) is 39.6 Å². The smallest absolute Gasteiger partial charge is 0.294 e. The molecule has 1 saturated carbocycles. The molecular formula is C17H17Cl2N3O3S2. The van der Waals surface area contributed by atoms with Gasteiger partial charge in [0, 0.05) is 10.6 Å². The van der Waals surface area contributed by atoms with Crippen LogP contribution in [0.3, 0.4) is 0 Å². The van der Waals surface area contributed by atoms with Gasteiger partial charge in [-0.2, -0.15) is 0 Å². The van der Waals surface area contributed by atoms with Crippen molar-refractivity contribution < 1.29 is 14.4 Å². The summed E-state index contributed by atoms with van der Waals surface area (Å²) < 4.78 is -0.780. The van der Waals surface area contributed by atoms with E-state index < -0.39 is 21.4 Å². The summed E-state index contributed by atoms with van der Waals surface area (Å²) in [5, 5.41) is 7.68. The van der Waals surface area contributed by atoms with Crippen molar-refractivity contribution in [3.05, 3.63) is 34.7 Å². The van der Waals surface area contributed by atoms with Gasteiger partial charge in [0.2, 0.25) is 5.91 Å². The van der Waals surface area contributed by atoms with Gasteiger partial charge < -0.3 is 5.32 Å². The number of anilines is 1. The summed E-state index contributed by atoms with van der Waals surface area (Å²) in [6.07, 6.45) is 2.21. The van der Waals surface area contributed by atoms with E-state index in [0.717, 1.165) is 39.1 Å². The Bertz CT molecular complexity index is 800. The molecule has 0 atom stereocenters. The molecule has 6 nitrogen and oxygen atoms in total. The predicted octanol–water partition coefficient (Wildman–Crippen LogP) is 4.29. The average molecular weight is 446 g/mol. The third-order valence-corrected chi connectivity index (χ3v) is 6.69. The monoisotopic (exact) mass is 445 g/mol. The zero-order valence-corrected chi connectivity index (χ0v) is 17.3. The third kappa shape index (κ3) is 5.00. The number of thioether (sulfide) groups is 1. The van der Waals surface area contributed by atoms with E-state index in [2.05, 4.69) is 5.32 Å². The highest BCUT2D eigenvalue weighted by atomic mass is 35.5. The van der Waals surface area contributed by atoms with Crippen molar-refractivity contribution >= 4 is 69.7 Å². The first-order valence-corrected chi connectivity index (χ1v) is 10.6. The van der Waals surface area contributed by atoms with Crippen molar-refractivity contribution in [3.63, 3.8) is 0 Å². The van der Waals surface area contributed by atoms with Gasteiger partial charge in [-0.3, -0.25) is 24.4 Å². The number of rotatable bonds is 4. The quantitative estimate of drug-likeness (QED) is 0.407. The Morgan fingerprint density at radius 1 is 1.22 bits per heavy atom. The first-order valence-electron chi connectivity index (χ1n) is 8.19. The minimum atomic E-state index is -0.780. The lowest BCUT2D eigenvalue weighted by atomic mass is 9.93. The standard InChI is InChI=1S/C17H17Cl2N3O3S2/c18-17(19)7-5-10(6-8-17)14-15(24)22(16(25)26-14)9-13(23)21-11-1-3-12(27-20)4-2-11/h1-4H,5-9,20H2,(H,21,23). The van der Waals surface area contributed by atoms with E-state index in [4.69, 9.17) is 28.3 Å². The van der Waals surface area contributed by atoms with Gasteiger partial charge in [0.15, 0.2) is 0 Å². The maximum Gasteiger partial charge on any atom is 0.294 e. The molecule has 0 aromatic heterocycles. The van der Waals surface area contributed by atoms with Gasteiger partial charge >= 0.3 is 0 Å². The Balaban J connectivity index is 1.64. The van der Waals surface area contributed by atoms with E-state index in [0.29, 0.717) is 36.3 Å². The molecule has 27 heavy (non-hydrogen) atoms. The number of carbonyl (C=O) groups excluding carboxylic acids is 3. The number of allylic oxidation sites excluding steroid dienone is 1. The molecule has 1 aliphatic carbocycles. The lowest BCUT2D eigenvalue weighted by Crippen LogP contribution is -2.36. The van der Waals surface area contributed by atoms with Crippen LogP contribution >= 0.6 is 46.9 Å². The number of nitrogens with zero attached hydrogens (tertiary/aromatic N) is 1. The molecule has 0 bridgehead atoms. The number of carbonyl (C=O) groups is 3. The normalized spacial score (nSPS) is 19.6. The van der Waals surface area contributed by atoms with E-state index in [1.165, 1.54) is 0 Å². The van der Waals surface area contributed by atoms with E-state index in [9.17, 15) is 14.4 Å². The molecule has 1 aliphatic heterocycles. The number of halogens is 2. The second kappa shape index (κ2) is 8.45. The van der Waals surface area contributed by atoms with Crippen molar-refractivity contribution in [2.24, 2.45) is 5.14 Å². The molecule has 1 aromatic carbocycles. The van der Waals surface area contributed by atoms with E-state index in [1.807, 2.05) is 0 Å². The Kier molecular flexibility index (Phi) is 6.43. The Labute approximate surface area is 175 Å². The zero-order valence-electron chi connectivity index (χ0n) is 14.2. The molecule has 2 fully saturated rings. The van der Waals surface area contributed by atoms with Gasteiger partial charge in [0.1, 0.15) is 10.9 Å². The van der Waals surface area contributed by atoms with Crippen molar-refractivity contribution in [2.45, 2.75) is 34.9 Å². The van der Waals surface area contributed by atoms with Crippen LogP contribution in [0.25, 0.3) is 0 Å². The van der Waals surface area contributed by atoms with E-state index in [1.54, 1.807) is 24.3 Å². The Hall–Kier alpha value is -1.19. The number of nitrogens with two attached hydrogens (primary N) is 1. The third-order valence-electron chi connectivity index (χ3n) is 4.33. The lowest BCUT2D eigenvalue weighted by molar-refractivity contribution is -0.127. The maximum absolute atomic E-state index is 12.6. The van der Waals surface area contributed by atoms with E-state index >= 15 is 0 Å². The van der Waals surface area contributed by atoms with Crippen LogP contribution in [0.2, 0.25) is 0 Å². The summed E-state index contributed by atoms with van der Waals surface area (Å²) in [6.45, 7) is -0.330. The minimum Gasteiger partial charge on any atom is -0.325 e. The average Bonchev–Trinajstić information content (AvgIpc) is 2.90.